The predicted molar refractivity (Wildman–Crippen MR) is 112 cm³/mol. The third kappa shape index (κ3) is 4.54. The first-order valence-electron chi connectivity index (χ1n) is 9.20. The molecule has 0 aromatic heterocycles. The molecule has 0 N–H and O–H groups in total. The number of cyclic esters (lactones) is 1. The van der Waals surface area contributed by atoms with Crippen LogP contribution in [0.5, 0.6) is 5.75 Å². The van der Waals surface area contributed by atoms with Gasteiger partial charge in [0.15, 0.2) is 5.70 Å². The van der Waals surface area contributed by atoms with E-state index in [0.717, 1.165) is 5.56 Å². The second-order valence-corrected chi connectivity index (χ2v) is 8.28. The highest BCUT2D eigenvalue weighted by Gasteiger charge is 2.26. The molecule has 3 aromatic carbocycles. The Bertz CT molecular complexity index is 1310. The fourth-order valence-electron chi connectivity index (χ4n) is 2.82. The van der Waals surface area contributed by atoms with E-state index in [-0.39, 0.29) is 27.8 Å². The molecular weight excluding hydrogens is 421 g/mol. The Morgan fingerprint density at radius 1 is 0.968 bits per heavy atom. The van der Waals surface area contributed by atoms with Crippen LogP contribution in [0, 0.1) is 12.7 Å². The summed E-state index contributed by atoms with van der Waals surface area (Å²) in [5.41, 5.74) is 1.58. The van der Waals surface area contributed by atoms with Crippen molar-refractivity contribution in [3.05, 3.63) is 101 Å². The monoisotopic (exact) mass is 437 g/mol. The van der Waals surface area contributed by atoms with Gasteiger partial charge in [-0.15, -0.1) is 0 Å². The van der Waals surface area contributed by atoms with Crippen LogP contribution in [-0.4, -0.2) is 20.3 Å². The molecular formula is C23H16FNO5S. The zero-order chi connectivity index (χ0) is 22.0. The van der Waals surface area contributed by atoms with Gasteiger partial charge in [-0.25, -0.2) is 14.2 Å². The smallest absolute Gasteiger partial charge is 0.363 e. The predicted octanol–water partition coefficient (Wildman–Crippen LogP) is 4.25. The number of hydrogen-bond donors (Lipinski definition) is 0. The maximum Gasteiger partial charge on any atom is 0.363 e. The van der Waals surface area contributed by atoms with Crippen molar-refractivity contribution in [1.29, 1.82) is 0 Å². The van der Waals surface area contributed by atoms with E-state index >= 15 is 0 Å². The van der Waals surface area contributed by atoms with Crippen LogP contribution in [0.25, 0.3) is 6.08 Å². The van der Waals surface area contributed by atoms with Crippen LogP contribution < -0.4 is 4.18 Å². The molecule has 0 radical (unpaired) electrons. The molecule has 0 atom stereocenters. The average molecular weight is 437 g/mol. The summed E-state index contributed by atoms with van der Waals surface area (Å²) in [7, 11) is -3.96. The van der Waals surface area contributed by atoms with Crippen LogP contribution in [0.4, 0.5) is 4.39 Å². The molecule has 0 fully saturated rings. The van der Waals surface area contributed by atoms with Gasteiger partial charge in [0.2, 0.25) is 5.90 Å². The molecule has 1 aliphatic rings. The van der Waals surface area contributed by atoms with E-state index in [4.69, 9.17) is 8.92 Å². The highest BCUT2D eigenvalue weighted by molar-refractivity contribution is 7.87. The summed E-state index contributed by atoms with van der Waals surface area (Å²) < 4.78 is 48.8. The fraction of sp³-hybridized carbons (Fsp3) is 0.0435. The second-order valence-electron chi connectivity index (χ2n) is 6.74. The third-order valence-corrected chi connectivity index (χ3v) is 5.69. The number of halogens is 1. The highest BCUT2D eigenvalue weighted by atomic mass is 32.2. The van der Waals surface area contributed by atoms with E-state index in [2.05, 4.69) is 4.99 Å². The van der Waals surface area contributed by atoms with Gasteiger partial charge in [-0.1, -0.05) is 42.0 Å². The zero-order valence-electron chi connectivity index (χ0n) is 16.3. The Morgan fingerprint density at radius 2 is 1.65 bits per heavy atom. The first-order chi connectivity index (χ1) is 14.8. The van der Waals surface area contributed by atoms with E-state index in [1.54, 1.807) is 30.3 Å². The van der Waals surface area contributed by atoms with Gasteiger partial charge in [0.05, 0.1) is 5.56 Å². The van der Waals surface area contributed by atoms with Crippen molar-refractivity contribution in [1.82, 2.24) is 0 Å². The number of aryl methyl sites for hydroxylation is 1. The van der Waals surface area contributed by atoms with Crippen LogP contribution in [0.3, 0.4) is 0 Å². The molecule has 0 amide bonds. The Balaban J connectivity index is 1.53. The molecule has 1 aliphatic heterocycles. The van der Waals surface area contributed by atoms with Crippen LogP contribution >= 0.6 is 0 Å². The standard InChI is InChI=1S/C23H16FNO5S/c1-15-6-12-18(13-7-15)31(27,28)30-17-10-8-16(9-11-17)14-21-23(26)29-22(25-21)19-4-2-3-5-20(19)24/h2-14H,1H3. The van der Waals surface area contributed by atoms with Gasteiger partial charge in [0.1, 0.15) is 16.5 Å². The average Bonchev–Trinajstić information content (AvgIpc) is 3.10. The van der Waals surface area contributed by atoms with Crippen molar-refractivity contribution in [2.45, 2.75) is 11.8 Å². The Morgan fingerprint density at radius 3 is 2.32 bits per heavy atom. The lowest BCUT2D eigenvalue weighted by Crippen LogP contribution is -2.09. The number of aliphatic imine (C=N–C) groups is 1. The van der Waals surface area contributed by atoms with E-state index < -0.39 is 21.9 Å². The molecule has 8 heteroatoms. The van der Waals surface area contributed by atoms with E-state index in [1.165, 1.54) is 48.5 Å². The number of nitrogens with zero attached hydrogens (tertiary/aromatic N) is 1. The van der Waals surface area contributed by atoms with Crippen molar-refractivity contribution in [2.75, 3.05) is 0 Å². The van der Waals surface area contributed by atoms with Crippen molar-refractivity contribution in [3.8, 4) is 5.75 Å². The van der Waals surface area contributed by atoms with Crippen molar-refractivity contribution in [3.63, 3.8) is 0 Å². The van der Waals surface area contributed by atoms with Crippen LogP contribution in [0.2, 0.25) is 0 Å². The van der Waals surface area contributed by atoms with Crippen molar-refractivity contribution in [2.24, 2.45) is 4.99 Å². The van der Waals surface area contributed by atoms with Crippen LogP contribution in [0.15, 0.2) is 88.4 Å². The molecule has 0 saturated heterocycles. The summed E-state index contributed by atoms with van der Waals surface area (Å²) in [6, 6.07) is 18.2. The second kappa shape index (κ2) is 8.16. The number of rotatable bonds is 5. The van der Waals surface area contributed by atoms with E-state index in [9.17, 15) is 17.6 Å². The summed E-state index contributed by atoms with van der Waals surface area (Å²) in [4.78, 5) is 16.2. The lowest BCUT2D eigenvalue weighted by molar-refractivity contribution is -0.129. The van der Waals surface area contributed by atoms with Crippen molar-refractivity contribution < 1.29 is 26.5 Å². The molecule has 1 heterocycles. The van der Waals surface area contributed by atoms with Gasteiger partial charge >= 0.3 is 16.1 Å². The fourth-order valence-corrected chi connectivity index (χ4v) is 3.75. The molecule has 0 bridgehead atoms. The summed E-state index contributed by atoms with van der Waals surface area (Å²) in [5.74, 6) is -1.25. The Kier molecular flexibility index (Phi) is 5.39. The first-order valence-corrected chi connectivity index (χ1v) is 10.6. The van der Waals surface area contributed by atoms with E-state index in [0.29, 0.717) is 5.56 Å². The minimum Gasteiger partial charge on any atom is -0.402 e. The number of hydrogen-bond acceptors (Lipinski definition) is 6. The number of ether oxygens (including phenoxy) is 1. The zero-order valence-corrected chi connectivity index (χ0v) is 17.1. The SMILES string of the molecule is Cc1ccc(S(=O)(=O)Oc2ccc(C=C3N=C(c4ccccc4F)OC3=O)cc2)cc1. The summed E-state index contributed by atoms with van der Waals surface area (Å²) in [6.07, 6.45) is 1.45. The van der Waals surface area contributed by atoms with Gasteiger partial charge in [-0.2, -0.15) is 8.42 Å². The molecule has 0 aliphatic carbocycles. The minimum atomic E-state index is -3.96. The molecule has 0 spiro atoms. The van der Waals surface area contributed by atoms with Crippen LogP contribution in [0.1, 0.15) is 16.7 Å². The Hall–Kier alpha value is -3.78. The molecule has 0 saturated carbocycles. The van der Waals surface area contributed by atoms with Gasteiger partial charge in [0, 0.05) is 0 Å². The maximum absolute atomic E-state index is 13.9. The van der Waals surface area contributed by atoms with Crippen molar-refractivity contribution >= 4 is 28.1 Å². The lowest BCUT2D eigenvalue weighted by atomic mass is 10.2. The topological polar surface area (TPSA) is 82.0 Å². The number of esters is 1. The highest BCUT2D eigenvalue weighted by Crippen LogP contribution is 2.23. The van der Waals surface area contributed by atoms with Gasteiger partial charge in [-0.05, 0) is 55.0 Å². The summed E-state index contributed by atoms with van der Waals surface area (Å²) >= 11 is 0. The lowest BCUT2D eigenvalue weighted by Gasteiger charge is -2.07. The summed E-state index contributed by atoms with van der Waals surface area (Å²) in [5, 5.41) is 0. The van der Waals surface area contributed by atoms with Crippen LogP contribution in [-0.2, 0) is 19.6 Å². The normalized spacial score (nSPS) is 15.0. The van der Waals surface area contributed by atoms with E-state index in [1.807, 2.05) is 6.92 Å². The number of carbonyl (C=O) groups excluding carboxylic acids is 1. The molecule has 0 unspecified atom stereocenters. The molecule has 3 aromatic rings. The van der Waals surface area contributed by atoms with Gasteiger partial charge < -0.3 is 8.92 Å². The maximum atomic E-state index is 13.9. The first kappa shape index (κ1) is 20.5. The number of benzene rings is 3. The van der Waals surface area contributed by atoms with Gasteiger partial charge in [-0.3, -0.25) is 0 Å². The summed E-state index contributed by atoms with van der Waals surface area (Å²) in [6.45, 7) is 1.86. The minimum absolute atomic E-state index is 0.000742. The molecule has 31 heavy (non-hydrogen) atoms. The largest absolute Gasteiger partial charge is 0.402 e. The third-order valence-electron chi connectivity index (χ3n) is 4.42. The Labute approximate surface area is 178 Å². The quantitative estimate of drug-likeness (QED) is 0.339. The number of carbonyl (C=O) groups is 1. The molecule has 4 rings (SSSR count). The van der Waals surface area contributed by atoms with Gasteiger partial charge in [0.25, 0.3) is 0 Å². The molecule has 156 valence electrons. The molecule has 6 nitrogen and oxygen atoms in total.